The monoisotopic (exact) mass is 318 g/mol. The maximum atomic E-state index is 5.87. The number of nitrogens with one attached hydrogen (secondary N) is 2. The number of benzene rings is 1. The lowest BCUT2D eigenvalue weighted by atomic mass is 10.2. The van der Waals surface area contributed by atoms with Crippen LogP contribution in [0.5, 0.6) is 5.88 Å². The van der Waals surface area contributed by atoms with E-state index in [9.17, 15) is 0 Å². The van der Waals surface area contributed by atoms with Crippen LogP contribution in [-0.2, 0) is 13.1 Å². The van der Waals surface area contributed by atoms with Crippen LogP contribution in [0, 0.1) is 0 Å². The number of methoxy groups -OCH3 is 1. The van der Waals surface area contributed by atoms with Crippen LogP contribution in [0.15, 0.2) is 47.6 Å². The summed E-state index contributed by atoms with van der Waals surface area (Å²) in [7, 11) is 3.34. The van der Waals surface area contributed by atoms with Crippen LogP contribution in [0.4, 0.5) is 0 Å². The average molecular weight is 319 g/mol. The third-order valence-electron chi connectivity index (χ3n) is 3.06. The normalized spacial score (nSPS) is 11.1. The van der Waals surface area contributed by atoms with Gasteiger partial charge in [0.05, 0.1) is 7.11 Å². The van der Waals surface area contributed by atoms with Crippen LogP contribution in [-0.4, -0.2) is 25.1 Å². The van der Waals surface area contributed by atoms with Gasteiger partial charge in [-0.2, -0.15) is 0 Å². The molecule has 0 radical (unpaired) electrons. The van der Waals surface area contributed by atoms with Crippen molar-refractivity contribution in [1.82, 2.24) is 15.6 Å². The van der Waals surface area contributed by atoms with Gasteiger partial charge in [-0.3, -0.25) is 4.99 Å². The Morgan fingerprint density at radius 2 is 1.73 bits per heavy atom. The topological polar surface area (TPSA) is 58.5 Å². The molecule has 0 fully saturated rings. The van der Waals surface area contributed by atoms with Crippen LogP contribution in [0.3, 0.4) is 0 Å². The van der Waals surface area contributed by atoms with Crippen molar-refractivity contribution in [2.45, 2.75) is 13.1 Å². The van der Waals surface area contributed by atoms with Crippen LogP contribution < -0.4 is 15.4 Å². The molecule has 5 nitrogen and oxygen atoms in total. The highest BCUT2D eigenvalue weighted by Gasteiger charge is 2.00. The van der Waals surface area contributed by atoms with Gasteiger partial charge in [-0.1, -0.05) is 29.8 Å². The van der Waals surface area contributed by atoms with Gasteiger partial charge < -0.3 is 15.4 Å². The van der Waals surface area contributed by atoms with Crippen molar-refractivity contribution in [3.8, 4) is 5.88 Å². The number of ether oxygens (including phenoxy) is 1. The zero-order valence-corrected chi connectivity index (χ0v) is 13.4. The molecule has 1 aromatic heterocycles. The summed E-state index contributed by atoms with van der Waals surface area (Å²) in [5, 5.41) is 7.22. The predicted octanol–water partition coefficient (Wildman–Crippen LogP) is 2.61. The number of guanidine groups is 1. The van der Waals surface area contributed by atoms with E-state index in [2.05, 4.69) is 20.6 Å². The van der Waals surface area contributed by atoms with Gasteiger partial charge in [0.25, 0.3) is 0 Å². The first-order chi connectivity index (χ1) is 10.7. The lowest BCUT2D eigenvalue weighted by Gasteiger charge is -2.12. The Morgan fingerprint density at radius 3 is 2.27 bits per heavy atom. The Labute approximate surface area is 135 Å². The van der Waals surface area contributed by atoms with Crippen molar-refractivity contribution >= 4 is 17.6 Å². The van der Waals surface area contributed by atoms with E-state index in [4.69, 9.17) is 16.3 Å². The lowest BCUT2D eigenvalue weighted by Crippen LogP contribution is -2.36. The van der Waals surface area contributed by atoms with Gasteiger partial charge in [0.2, 0.25) is 5.88 Å². The molecule has 2 N–H and O–H groups in total. The molecule has 0 atom stereocenters. The Bertz CT molecular complexity index is 611. The lowest BCUT2D eigenvalue weighted by molar-refractivity contribution is 0.397. The summed E-state index contributed by atoms with van der Waals surface area (Å²) in [6, 6.07) is 11.5. The van der Waals surface area contributed by atoms with E-state index in [0.29, 0.717) is 19.0 Å². The number of rotatable bonds is 5. The van der Waals surface area contributed by atoms with Crippen molar-refractivity contribution < 1.29 is 4.74 Å². The molecule has 2 aromatic rings. The molecule has 2 rings (SSSR count). The molecule has 1 heterocycles. The van der Waals surface area contributed by atoms with Crippen LogP contribution in [0.25, 0.3) is 0 Å². The number of aromatic nitrogens is 1. The molecule has 6 heteroatoms. The first-order valence-electron chi connectivity index (χ1n) is 6.89. The van der Waals surface area contributed by atoms with Crippen molar-refractivity contribution in [2.75, 3.05) is 14.2 Å². The molecular weight excluding hydrogens is 300 g/mol. The van der Waals surface area contributed by atoms with Crippen molar-refractivity contribution in [3.63, 3.8) is 0 Å². The fraction of sp³-hybridized carbons (Fsp3) is 0.250. The van der Waals surface area contributed by atoms with E-state index in [-0.39, 0.29) is 0 Å². The third kappa shape index (κ3) is 4.93. The van der Waals surface area contributed by atoms with Gasteiger partial charge in [0, 0.05) is 37.4 Å². The number of nitrogens with zero attached hydrogens (tertiary/aromatic N) is 2. The summed E-state index contributed by atoms with van der Waals surface area (Å²) in [6.45, 7) is 1.31. The van der Waals surface area contributed by atoms with Crippen molar-refractivity contribution in [3.05, 3.63) is 58.7 Å². The first kappa shape index (κ1) is 16.1. The molecule has 0 aliphatic heterocycles. The van der Waals surface area contributed by atoms with E-state index in [1.54, 1.807) is 20.4 Å². The van der Waals surface area contributed by atoms with E-state index in [0.717, 1.165) is 22.1 Å². The Balaban J connectivity index is 1.82. The Hall–Kier alpha value is -2.27. The fourth-order valence-electron chi connectivity index (χ4n) is 1.83. The quantitative estimate of drug-likeness (QED) is 0.657. The molecule has 0 aliphatic rings. The minimum absolute atomic E-state index is 0.606. The molecule has 0 unspecified atom stereocenters. The molecule has 0 aliphatic carbocycles. The number of aliphatic imine (C=N–C) groups is 1. The van der Waals surface area contributed by atoms with Gasteiger partial charge in [-0.15, -0.1) is 0 Å². The minimum Gasteiger partial charge on any atom is -0.481 e. The maximum absolute atomic E-state index is 5.87. The summed E-state index contributed by atoms with van der Waals surface area (Å²) in [6.07, 6.45) is 1.78. The van der Waals surface area contributed by atoms with E-state index in [1.165, 1.54) is 0 Å². The highest BCUT2D eigenvalue weighted by Crippen LogP contribution is 2.09. The zero-order valence-electron chi connectivity index (χ0n) is 12.6. The second-order valence-electron chi connectivity index (χ2n) is 4.61. The third-order valence-corrected chi connectivity index (χ3v) is 3.32. The number of hydrogen-bond acceptors (Lipinski definition) is 3. The Morgan fingerprint density at radius 1 is 1.09 bits per heavy atom. The summed E-state index contributed by atoms with van der Waals surface area (Å²) in [5.41, 5.74) is 2.19. The van der Waals surface area contributed by atoms with Crippen molar-refractivity contribution in [1.29, 1.82) is 0 Å². The summed E-state index contributed by atoms with van der Waals surface area (Å²) < 4.78 is 5.03. The van der Waals surface area contributed by atoms with Crippen molar-refractivity contribution in [2.24, 2.45) is 4.99 Å². The smallest absolute Gasteiger partial charge is 0.212 e. The first-order valence-corrected chi connectivity index (χ1v) is 7.27. The van der Waals surface area contributed by atoms with Crippen LogP contribution in [0.1, 0.15) is 11.1 Å². The standard InChI is InChI=1S/C16H19ClN4O/c1-18-16(20-9-12-3-6-14(17)7-4-12)21-11-13-5-8-15(22-2)19-10-13/h3-8,10H,9,11H2,1-2H3,(H2,18,20,21). The maximum Gasteiger partial charge on any atom is 0.212 e. The van der Waals surface area contributed by atoms with E-state index in [1.807, 2.05) is 36.4 Å². The largest absolute Gasteiger partial charge is 0.481 e. The number of hydrogen-bond donors (Lipinski definition) is 2. The second-order valence-corrected chi connectivity index (χ2v) is 5.05. The Kier molecular flexibility index (Phi) is 6.03. The molecule has 0 amide bonds. The van der Waals surface area contributed by atoms with E-state index >= 15 is 0 Å². The molecule has 0 bridgehead atoms. The van der Waals surface area contributed by atoms with E-state index < -0.39 is 0 Å². The highest BCUT2D eigenvalue weighted by atomic mass is 35.5. The minimum atomic E-state index is 0.606. The molecule has 0 saturated carbocycles. The highest BCUT2D eigenvalue weighted by molar-refractivity contribution is 6.30. The molecule has 0 saturated heterocycles. The van der Waals surface area contributed by atoms with Gasteiger partial charge in [0.15, 0.2) is 5.96 Å². The molecule has 116 valence electrons. The van der Waals surface area contributed by atoms with Gasteiger partial charge in [-0.25, -0.2) is 4.98 Å². The SMILES string of the molecule is CN=C(NCc1ccc(Cl)cc1)NCc1ccc(OC)nc1. The number of halogens is 1. The van der Waals surface area contributed by atoms with Crippen LogP contribution >= 0.6 is 11.6 Å². The molecular formula is C16H19ClN4O. The van der Waals surface area contributed by atoms with Gasteiger partial charge in [0.1, 0.15) is 0 Å². The number of pyridine rings is 1. The average Bonchev–Trinajstić information content (AvgIpc) is 2.57. The summed E-state index contributed by atoms with van der Waals surface area (Å²) in [4.78, 5) is 8.36. The predicted molar refractivity (Wildman–Crippen MR) is 89.3 cm³/mol. The summed E-state index contributed by atoms with van der Waals surface area (Å²) >= 11 is 5.87. The molecule has 0 spiro atoms. The molecule has 22 heavy (non-hydrogen) atoms. The van der Waals surface area contributed by atoms with Gasteiger partial charge in [-0.05, 0) is 23.3 Å². The fourth-order valence-corrected chi connectivity index (χ4v) is 1.96. The van der Waals surface area contributed by atoms with Crippen LogP contribution in [0.2, 0.25) is 5.02 Å². The summed E-state index contributed by atoms with van der Waals surface area (Å²) in [5.74, 6) is 1.33. The van der Waals surface area contributed by atoms with Gasteiger partial charge >= 0.3 is 0 Å². The molecule has 1 aromatic carbocycles. The zero-order chi connectivity index (χ0) is 15.8. The second kappa shape index (κ2) is 8.24.